The molecule has 0 radical (unpaired) electrons. The van der Waals surface area contributed by atoms with Gasteiger partial charge in [0.1, 0.15) is 11.6 Å². The Kier molecular flexibility index (Phi) is 4.78. The zero-order valence-electron chi connectivity index (χ0n) is 16.7. The predicted molar refractivity (Wildman–Crippen MR) is 106 cm³/mol. The highest BCUT2D eigenvalue weighted by molar-refractivity contribution is 6.07. The van der Waals surface area contributed by atoms with Gasteiger partial charge in [-0.15, -0.1) is 0 Å². The van der Waals surface area contributed by atoms with Gasteiger partial charge in [0.25, 0.3) is 5.91 Å². The van der Waals surface area contributed by atoms with E-state index < -0.39 is 29.1 Å². The van der Waals surface area contributed by atoms with Gasteiger partial charge < -0.3 is 5.32 Å². The first-order valence-electron chi connectivity index (χ1n) is 9.40. The highest BCUT2D eigenvalue weighted by atomic mass is 19.2. The van der Waals surface area contributed by atoms with Gasteiger partial charge in [0, 0.05) is 0 Å². The van der Waals surface area contributed by atoms with Crippen LogP contribution in [-0.2, 0) is 16.9 Å². The van der Waals surface area contributed by atoms with Crippen molar-refractivity contribution in [1.82, 2.24) is 20.0 Å². The maximum absolute atomic E-state index is 13.8. The molecule has 0 spiro atoms. The molecule has 1 N–H and O–H groups in total. The molecule has 2 heterocycles. The molecular formula is C22H17F2N5O2. The second-order valence-electron chi connectivity index (χ2n) is 7.34. The summed E-state index contributed by atoms with van der Waals surface area (Å²) >= 11 is 0. The Bertz CT molecular complexity index is 1250. The minimum absolute atomic E-state index is 0.112. The molecule has 3 aromatic rings. The molecule has 1 atom stereocenters. The van der Waals surface area contributed by atoms with Crippen molar-refractivity contribution in [2.75, 3.05) is 0 Å². The number of carbonyl (C=O) groups is 2. The number of imide groups is 1. The average molecular weight is 421 g/mol. The van der Waals surface area contributed by atoms with Crippen molar-refractivity contribution in [3.05, 3.63) is 82.7 Å². The summed E-state index contributed by atoms with van der Waals surface area (Å²) in [6, 6.07) is 13.4. The first kappa shape index (κ1) is 20.2. The van der Waals surface area contributed by atoms with E-state index in [-0.39, 0.29) is 17.7 Å². The Balaban J connectivity index is 1.74. The van der Waals surface area contributed by atoms with Crippen LogP contribution in [0.3, 0.4) is 0 Å². The van der Waals surface area contributed by atoms with E-state index in [1.165, 1.54) is 17.7 Å². The lowest BCUT2D eigenvalue weighted by Gasteiger charge is -2.22. The fourth-order valence-electron chi connectivity index (χ4n) is 3.64. The van der Waals surface area contributed by atoms with E-state index >= 15 is 0 Å². The van der Waals surface area contributed by atoms with E-state index in [2.05, 4.69) is 16.5 Å². The number of halogens is 2. The summed E-state index contributed by atoms with van der Waals surface area (Å²) in [5, 5.41) is 16.6. The minimum atomic E-state index is -1.58. The number of para-hydroxylation sites is 1. The molecule has 156 valence electrons. The van der Waals surface area contributed by atoms with Crippen molar-refractivity contribution in [3.63, 3.8) is 0 Å². The molecule has 4 rings (SSSR count). The molecule has 0 saturated carbocycles. The molecule has 1 fully saturated rings. The van der Waals surface area contributed by atoms with Crippen molar-refractivity contribution in [1.29, 1.82) is 5.26 Å². The fourth-order valence-corrected chi connectivity index (χ4v) is 3.64. The van der Waals surface area contributed by atoms with Crippen molar-refractivity contribution in [2.45, 2.75) is 25.9 Å². The summed E-state index contributed by atoms with van der Waals surface area (Å²) in [5.74, 6) is -2.82. The summed E-state index contributed by atoms with van der Waals surface area (Å²) in [4.78, 5) is 26.8. The van der Waals surface area contributed by atoms with Gasteiger partial charge in [0.05, 0.1) is 29.2 Å². The molecule has 1 saturated heterocycles. The number of hydrogen-bond acceptors (Lipinski definition) is 4. The number of nitrogens with one attached hydrogen (secondary N) is 1. The number of benzene rings is 2. The number of rotatable bonds is 4. The number of nitriles is 1. The fraction of sp³-hybridized carbons (Fsp3) is 0.182. The maximum atomic E-state index is 13.8. The lowest BCUT2D eigenvalue weighted by Crippen LogP contribution is -2.41. The quantitative estimate of drug-likeness (QED) is 0.655. The van der Waals surface area contributed by atoms with Gasteiger partial charge in [-0.05, 0) is 43.7 Å². The average Bonchev–Trinajstić information content (AvgIpc) is 3.19. The van der Waals surface area contributed by atoms with Crippen molar-refractivity contribution < 1.29 is 18.4 Å². The molecule has 0 bridgehead atoms. The van der Waals surface area contributed by atoms with Crippen LogP contribution in [-0.4, -0.2) is 26.6 Å². The number of hydrogen-bond donors (Lipinski definition) is 1. The van der Waals surface area contributed by atoms with Gasteiger partial charge in [-0.2, -0.15) is 10.4 Å². The summed E-state index contributed by atoms with van der Waals surface area (Å²) < 4.78 is 28.6. The zero-order chi connectivity index (χ0) is 22.3. The van der Waals surface area contributed by atoms with E-state index in [0.29, 0.717) is 17.1 Å². The van der Waals surface area contributed by atoms with Gasteiger partial charge in [0.15, 0.2) is 11.6 Å². The molecule has 1 unspecified atom stereocenters. The summed E-state index contributed by atoms with van der Waals surface area (Å²) in [6.07, 6.45) is 0. The number of aryl methyl sites for hydroxylation is 1. The first-order chi connectivity index (χ1) is 14.8. The monoisotopic (exact) mass is 421 g/mol. The third kappa shape index (κ3) is 3.22. The van der Waals surface area contributed by atoms with Gasteiger partial charge in [-0.3, -0.25) is 9.69 Å². The van der Waals surface area contributed by atoms with E-state index in [1.807, 2.05) is 6.07 Å². The number of carbonyl (C=O) groups excluding carboxylic acids is 2. The topological polar surface area (TPSA) is 91.0 Å². The zero-order valence-corrected chi connectivity index (χ0v) is 16.7. The molecule has 1 aromatic heterocycles. The van der Waals surface area contributed by atoms with Crippen LogP contribution >= 0.6 is 0 Å². The summed E-state index contributed by atoms with van der Waals surface area (Å²) in [5.41, 5.74) is 0.273. The minimum Gasteiger partial charge on any atom is -0.319 e. The maximum Gasteiger partial charge on any atom is 0.325 e. The summed E-state index contributed by atoms with van der Waals surface area (Å²) in [7, 11) is 0. The van der Waals surface area contributed by atoms with E-state index in [0.717, 1.165) is 17.0 Å². The SMILES string of the molecule is Cc1nn(-c2ccccc2)c(CN2C(=O)NC(C)(c3ccc(F)c(F)c3)C2=O)c1C#N. The molecule has 1 aliphatic rings. The highest BCUT2D eigenvalue weighted by Crippen LogP contribution is 2.31. The van der Waals surface area contributed by atoms with Crippen LogP contribution in [0, 0.1) is 29.9 Å². The second kappa shape index (κ2) is 7.32. The predicted octanol–water partition coefficient (Wildman–Crippen LogP) is 3.30. The third-order valence-corrected chi connectivity index (χ3v) is 5.35. The normalized spacial score (nSPS) is 18.2. The smallest absolute Gasteiger partial charge is 0.319 e. The molecule has 3 amide bonds. The van der Waals surface area contributed by atoms with Gasteiger partial charge in [0.2, 0.25) is 0 Å². The molecule has 31 heavy (non-hydrogen) atoms. The number of aromatic nitrogens is 2. The molecule has 1 aliphatic heterocycles. The van der Waals surface area contributed by atoms with Crippen molar-refractivity contribution in [2.24, 2.45) is 0 Å². The van der Waals surface area contributed by atoms with Gasteiger partial charge in [-0.1, -0.05) is 24.3 Å². The second-order valence-corrected chi connectivity index (χ2v) is 7.34. The molecule has 9 heteroatoms. The van der Waals surface area contributed by atoms with Crippen LogP contribution in [0.4, 0.5) is 13.6 Å². The standard InChI is InChI=1S/C22H17F2N5O2/c1-13-16(11-25)19(29(27-13)15-6-4-3-5-7-15)12-28-20(30)22(2,26-21(28)31)14-8-9-17(23)18(24)10-14/h3-10H,12H2,1-2H3,(H,26,31). The van der Waals surface area contributed by atoms with Crippen LogP contribution in [0.5, 0.6) is 0 Å². The van der Waals surface area contributed by atoms with Crippen molar-refractivity contribution >= 4 is 11.9 Å². The van der Waals surface area contributed by atoms with Crippen LogP contribution in [0.15, 0.2) is 48.5 Å². The lowest BCUT2D eigenvalue weighted by atomic mass is 9.92. The molecule has 2 aromatic carbocycles. The van der Waals surface area contributed by atoms with Gasteiger partial charge in [-0.25, -0.2) is 18.3 Å². The largest absolute Gasteiger partial charge is 0.325 e. The third-order valence-electron chi connectivity index (χ3n) is 5.35. The van der Waals surface area contributed by atoms with Gasteiger partial charge >= 0.3 is 6.03 Å². The Morgan fingerprint density at radius 1 is 1.13 bits per heavy atom. The van der Waals surface area contributed by atoms with Crippen LogP contribution in [0.2, 0.25) is 0 Å². The molecule has 7 nitrogen and oxygen atoms in total. The Morgan fingerprint density at radius 3 is 2.48 bits per heavy atom. The van der Waals surface area contributed by atoms with E-state index in [9.17, 15) is 23.6 Å². The Hall–Kier alpha value is -4.06. The van der Waals surface area contributed by atoms with E-state index in [4.69, 9.17) is 0 Å². The lowest BCUT2D eigenvalue weighted by molar-refractivity contribution is -0.131. The van der Waals surface area contributed by atoms with Crippen LogP contribution < -0.4 is 5.32 Å². The number of amides is 3. The Morgan fingerprint density at radius 2 is 1.84 bits per heavy atom. The van der Waals surface area contributed by atoms with Crippen LogP contribution in [0.25, 0.3) is 5.69 Å². The number of nitrogens with zero attached hydrogens (tertiary/aromatic N) is 4. The van der Waals surface area contributed by atoms with E-state index in [1.54, 1.807) is 31.2 Å². The summed E-state index contributed by atoms with van der Waals surface area (Å²) in [6.45, 7) is 2.87. The highest BCUT2D eigenvalue weighted by Gasteiger charge is 2.49. The molecular weight excluding hydrogens is 404 g/mol. The Labute approximate surface area is 176 Å². The first-order valence-corrected chi connectivity index (χ1v) is 9.40. The number of urea groups is 1. The van der Waals surface area contributed by atoms with Crippen LogP contribution in [0.1, 0.15) is 29.4 Å². The molecule has 0 aliphatic carbocycles. The van der Waals surface area contributed by atoms with Crippen molar-refractivity contribution in [3.8, 4) is 11.8 Å².